The molecular formula is C16H22N2O4S. The van der Waals surface area contributed by atoms with Crippen molar-refractivity contribution in [1.82, 2.24) is 9.88 Å². The van der Waals surface area contributed by atoms with Gasteiger partial charge in [0.1, 0.15) is 16.0 Å². The fourth-order valence-corrected chi connectivity index (χ4v) is 4.73. The maximum absolute atomic E-state index is 12.7. The molecule has 1 aromatic rings. The third kappa shape index (κ3) is 2.76. The largest absolute Gasteiger partial charge is 0.481 e. The van der Waals surface area contributed by atoms with Crippen LogP contribution in [0.25, 0.3) is 0 Å². The van der Waals surface area contributed by atoms with E-state index in [1.165, 1.54) is 11.3 Å². The van der Waals surface area contributed by atoms with Gasteiger partial charge in [-0.25, -0.2) is 4.98 Å². The lowest BCUT2D eigenvalue weighted by Gasteiger charge is -2.23. The highest BCUT2D eigenvalue weighted by Crippen LogP contribution is 2.49. The molecule has 3 rings (SSSR count). The van der Waals surface area contributed by atoms with Crippen LogP contribution in [0.5, 0.6) is 0 Å². The molecule has 0 bridgehead atoms. The fourth-order valence-electron chi connectivity index (χ4n) is 3.85. The molecule has 3 atom stereocenters. The third-order valence-electron chi connectivity index (χ3n) is 5.08. The van der Waals surface area contributed by atoms with Crippen molar-refractivity contribution >= 4 is 23.2 Å². The minimum atomic E-state index is -0.759. The highest BCUT2D eigenvalue weighted by Gasteiger charge is 2.55. The van der Waals surface area contributed by atoms with E-state index >= 15 is 0 Å². The van der Waals surface area contributed by atoms with Gasteiger partial charge in [-0.3, -0.25) is 9.59 Å². The average molecular weight is 338 g/mol. The number of fused-ring (bicyclic) bond motifs is 1. The Kier molecular flexibility index (Phi) is 4.42. The topological polar surface area (TPSA) is 79.7 Å². The van der Waals surface area contributed by atoms with Crippen molar-refractivity contribution in [2.75, 3.05) is 19.7 Å². The number of hydrogen-bond acceptors (Lipinski definition) is 5. The van der Waals surface area contributed by atoms with Crippen LogP contribution in [0.15, 0.2) is 6.20 Å². The van der Waals surface area contributed by atoms with Gasteiger partial charge in [0.25, 0.3) is 5.91 Å². The van der Waals surface area contributed by atoms with Crippen LogP contribution in [0.1, 0.15) is 53.9 Å². The Morgan fingerprint density at radius 1 is 1.61 bits per heavy atom. The van der Waals surface area contributed by atoms with Gasteiger partial charge in [-0.1, -0.05) is 6.42 Å². The number of carboxylic acids is 1. The first kappa shape index (κ1) is 16.4. The number of aliphatic carboxylic acids is 1. The van der Waals surface area contributed by atoms with Crippen LogP contribution in [-0.2, 0) is 9.53 Å². The lowest BCUT2D eigenvalue weighted by molar-refractivity contribution is -0.149. The first-order valence-corrected chi connectivity index (χ1v) is 8.89. The van der Waals surface area contributed by atoms with Gasteiger partial charge >= 0.3 is 5.97 Å². The number of rotatable bonds is 5. The molecular weight excluding hydrogens is 316 g/mol. The summed E-state index contributed by atoms with van der Waals surface area (Å²) in [5, 5.41) is 10.4. The minimum Gasteiger partial charge on any atom is -0.481 e. The molecule has 126 valence electrons. The highest BCUT2D eigenvalue weighted by molar-refractivity contribution is 7.13. The van der Waals surface area contributed by atoms with Crippen LogP contribution >= 0.6 is 11.3 Å². The lowest BCUT2D eigenvalue weighted by atomic mass is 9.81. The van der Waals surface area contributed by atoms with Gasteiger partial charge in [0.05, 0.1) is 11.6 Å². The number of nitrogens with zero attached hydrogens (tertiary/aromatic N) is 2. The van der Waals surface area contributed by atoms with Gasteiger partial charge in [0, 0.05) is 19.7 Å². The average Bonchev–Trinajstić information content (AvgIpc) is 3.20. The van der Waals surface area contributed by atoms with E-state index in [1.807, 2.05) is 13.8 Å². The van der Waals surface area contributed by atoms with Crippen LogP contribution in [0.4, 0.5) is 0 Å². The van der Waals surface area contributed by atoms with Crippen molar-refractivity contribution < 1.29 is 19.4 Å². The van der Waals surface area contributed by atoms with Gasteiger partial charge in [-0.15, -0.1) is 11.3 Å². The SMILES string of the molecule is CCOC(C)c1ncc(C(=O)N2C[C@@H]3CCC[C@@]3(C(=O)O)C2)s1. The van der Waals surface area contributed by atoms with E-state index in [2.05, 4.69) is 4.98 Å². The van der Waals surface area contributed by atoms with E-state index in [-0.39, 0.29) is 17.9 Å². The van der Waals surface area contributed by atoms with Gasteiger partial charge in [-0.05, 0) is 32.6 Å². The molecule has 1 N–H and O–H groups in total. The summed E-state index contributed by atoms with van der Waals surface area (Å²) in [6.07, 6.45) is 3.96. The number of ether oxygens (including phenoxy) is 1. The van der Waals surface area contributed by atoms with Crippen LogP contribution in [0.3, 0.4) is 0 Å². The van der Waals surface area contributed by atoms with Gasteiger partial charge in [-0.2, -0.15) is 0 Å². The second-order valence-corrected chi connectivity index (χ2v) is 7.46. The predicted molar refractivity (Wildman–Crippen MR) is 85.5 cm³/mol. The Balaban J connectivity index is 1.74. The standard InChI is InChI=1S/C16H22N2O4S/c1-3-22-10(2)13-17-7-12(23-13)14(19)18-8-11-5-4-6-16(11,9-18)15(20)21/h7,10-11H,3-6,8-9H2,1-2H3,(H,20,21)/t10?,11-,16+/m0/s1. The number of thiazole rings is 1. The maximum Gasteiger partial charge on any atom is 0.311 e. The summed E-state index contributed by atoms with van der Waals surface area (Å²) in [6.45, 7) is 5.29. The predicted octanol–water partition coefficient (Wildman–Crippen LogP) is 2.57. The monoisotopic (exact) mass is 338 g/mol. The molecule has 1 saturated carbocycles. The smallest absolute Gasteiger partial charge is 0.311 e. The number of aromatic nitrogens is 1. The van der Waals surface area contributed by atoms with Crippen LogP contribution in [0, 0.1) is 11.3 Å². The molecule has 1 aliphatic heterocycles. The van der Waals surface area contributed by atoms with Gasteiger partial charge < -0.3 is 14.7 Å². The van der Waals surface area contributed by atoms with Crippen molar-refractivity contribution in [3.05, 3.63) is 16.1 Å². The third-order valence-corrected chi connectivity index (χ3v) is 6.23. The maximum atomic E-state index is 12.7. The number of carbonyl (C=O) groups is 2. The first-order valence-electron chi connectivity index (χ1n) is 8.08. The fraction of sp³-hybridized carbons (Fsp3) is 0.688. The summed E-state index contributed by atoms with van der Waals surface area (Å²) in [5.41, 5.74) is -0.734. The van der Waals surface area contributed by atoms with Crippen molar-refractivity contribution in [3.8, 4) is 0 Å². The van der Waals surface area contributed by atoms with Crippen LogP contribution in [0.2, 0.25) is 0 Å². The molecule has 2 fully saturated rings. The quantitative estimate of drug-likeness (QED) is 0.892. The number of likely N-dealkylation sites (tertiary alicyclic amines) is 1. The summed E-state index contributed by atoms with van der Waals surface area (Å²) in [7, 11) is 0. The molecule has 2 aliphatic rings. The molecule has 7 heteroatoms. The zero-order valence-corrected chi connectivity index (χ0v) is 14.3. The van der Waals surface area contributed by atoms with Crippen molar-refractivity contribution in [2.24, 2.45) is 11.3 Å². The minimum absolute atomic E-state index is 0.0821. The Labute approximate surface area is 139 Å². The molecule has 0 radical (unpaired) electrons. The van der Waals surface area contributed by atoms with E-state index in [9.17, 15) is 14.7 Å². The number of amides is 1. The zero-order valence-electron chi connectivity index (χ0n) is 13.4. The summed E-state index contributed by atoms with van der Waals surface area (Å²) >= 11 is 1.34. The molecule has 2 heterocycles. The van der Waals surface area contributed by atoms with Crippen LogP contribution < -0.4 is 0 Å². The van der Waals surface area contributed by atoms with Crippen LogP contribution in [-0.4, -0.2) is 46.6 Å². The second-order valence-electron chi connectivity index (χ2n) is 6.40. The summed E-state index contributed by atoms with van der Waals surface area (Å²) in [6, 6.07) is 0. The van der Waals surface area contributed by atoms with Crippen molar-refractivity contribution in [1.29, 1.82) is 0 Å². The molecule has 0 aromatic carbocycles. The number of hydrogen-bond donors (Lipinski definition) is 1. The molecule has 1 aliphatic carbocycles. The van der Waals surface area contributed by atoms with E-state index in [4.69, 9.17) is 4.74 Å². The molecule has 1 aromatic heterocycles. The van der Waals surface area contributed by atoms with E-state index in [0.29, 0.717) is 31.0 Å². The zero-order chi connectivity index (χ0) is 16.6. The Bertz CT molecular complexity index is 617. The molecule has 6 nitrogen and oxygen atoms in total. The Hall–Kier alpha value is -1.47. The molecule has 1 saturated heterocycles. The van der Waals surface area contributed by atoms with E-state index in [1.54, 1.807) is 11.1 Å². The van der Waals surface area contributed by atoms with Gasteiger partial charge in [0.2, 0.25) is 0 Å². The Morgan fingerprint density at radius 2 is 2.39 bits per heavy atom. The first-order chi connectivity index (χ1) is 11.0. The molecule has 0 spiro atoms. The summed E-state index contributed by atoms with van der Waals surface area (Å²) in [5.74, 6) is -0.781. The van der Waals surface area contributed by atoms with Gasteiger partial charge in [0.15, 0.2) is 0 Å². The molecule has 1 unspecified atom stereocenters. The second kappa shape index (κ2) is 6.20. The lowest BCUT2D eigenvalue weighted by Crippen LogP contribution is -2.37. The number of carbonyl (C=O) groups excluding carboxylic acids is 1. The highest BCUT2D eigenvalue weighted by atomic mass is 32.1. The van der Waals surface area contributed by atoms with E-state index < -0.39 is 11.4 Å². The summed E-state index contributed by atoms with van der Waals surface area (Å²) < 4.78 is 5.50. The molecule has 1 amide bonds. The van der Waals surface area contributed by atoms with Crippen molar-refractivity contribution in [3.63, 3.8) is 0 Å². The van der Waals surface area contributed by atoms with E-state index in [0.717, 1.165) is 17.8 Å². The Morgan fingerprint density at radius 3 is 3.04 bits per heavy atom. The van der Waals surface area contributed by atoms with Crippen molar-refractivity contribution in [2.45, 2.75) is 39.2 Å². The summed E-state index contributed by atoms with van der Waals surface area (Å²) in [4.78, 5) is 30.9. The molecule has 23 heavy (non-hydrogen) atoms. The number of carboxylic acid groups (broad SMARTS) is 1. The normalized spacial score (nSPS) is 27.9.